The van der Waals surface area contributed by atoms with E-state index in [9.17, 15) is 14.4 Å². The lowest BCUT2D eigenvalue weighted by molar-refractivity contribution is -0.167. The van der Waals surface area contributed by atoms with Gasteiger partial charge < -0.3 is 14.2 Å². The molecular weight excluding hydrogens is 841 g/mol. The van der Waals surface area contributed by atoms with Crippen LogP contribution in [0.1, 0.15) is 271 Å². The van der Waals surface area contributed by atoms with Gasteiger partial charge >= 0.3 is 17.9 Å². The van der Waals surface area contributed by atoms with Crippen LogP contribution in [0.15, 0.2) is 85.1 Å². The summed E-state index contributed by atoms with van der Waals surface area (Å²) in [5.41, 5.74) is 0. The molecule has 6 nitrogen and oxygen atoms in total. The van der Waals surface area contributed by atoms with Crippen LogP contribution >= 0.6 is 0 Å². The van der Waals surface area contributed by atoms with Gasteiger partial charge in [0.05, 0.1) is 0 Å². The second-order valence-corrected chi connectivity index (χ2v) is 18.8. The lowest BCUT2D eigenvalue weighted by Crippen LogP contribution is -2.30. The summed E-state index contributed by atoms with van der Waals surface area (Å²) in [6.45, 7) is 6.49. The average molecular weight is 948 g/mol. The molecule has 0 heterocycles. The Hall–Kier alpha value is -3.41. The van der Waals surface area contributed by atoms with Crippen LogP contribution in [0, 0.1) is 0 Å². The van der Waals surface area contributed by atoms with Crippen molar-refractivity contribution in [3.05, 3.63) is 85.1 Å². The van der Waals surface area contributed by atoms with E-state index in [2.05, 4.69) is 106 Å². The van der Waals surface area contributed by atoms with Gasteiger partial charge in [-0.1, -0.05) is 241 Å². The van der Waals surface area contributed by atoms with Crippen molar-refractivity contribution in [1.82, 2.24) is 0 Å². The van der Waals surface area contributed by atoms with Gasteiger partial charge in [-0.05, 0) is 96.3 Å². The molecule has 0 amide bonds. The molecule has 0 fully saturated rings. The zero-order chi connectivity index (χ0) is 49.3. The fourth-order valence-electron chi connectivity index (χ4n) is 7.85. The highest BCUT2D eigenvalue weighted by atomic mass is 16.6. The average Bonchev–Trinajstić information content (AvgIpc) is 3.34. The van der Waals surface area contributed by atoms with Crippen LogP contribution in [0.25, 0.3) is 0 Å². The molecule has 0 bridgehead atoms. The second-order valence-electron chi connectivity index (χ2n) is 18.8. The van der Waals surface area contributed by atoms with Crippen molar-refractivity contribution in [1.29, 1.82) is 0 Å². The van der Waals surface area contributed by atoms with E-state index < -0.39 is 6.10 Å². The predicted octanol–water partition coefficient (Wildman–Crippen LogP) is 19.2. The summed E-state index contributed by atoms with van der Waals surface area (Å²) in [4.78, 5) is 38.1. The first kappa shape index (κ1) is 64.6. The fourth-order valence-corrected chi connectivity index (χ4v) is 7.85. The fraction of sp³-hybridized carbons (Fsp3) is 0.726. The zero-order valence-corrected chi connectivity index (χ0v) is 44.6. The number of hydrogen-bond donors (Lipinski definition) is 0. The maximum Gasteiger partial charge on any atom is 0.306 e. The summed E-state index contributed by atoms with van der Waals surface area (Å²) < 4.78 is 16.8. The maximum absolute atomic E-state index is 12.8. The van der Waals surface area contributed by atoms with E-state index in [-0.39, 0.29) is 31.1 Å². The summed E-state index contributed by atoms with van der Waals surface area (Å²) in [6, 6.07) is 0. The third kappa shape index (κ3) is 53.5. The molecule has 0 rings (SSSR count). The summed E-state index contributed by atoms with van der Waals surface area (Å²) in [7, 11) is 0. The summed E-state index contributed by atoms with van der Waals surface area (Å²) in [5.74, 6) is -0.906. The molecule has 1 unspecified atom stereocenters. The van der Waals surface area contributed by atoms with Gasteiger partial charge in [-0.25, -0.2) is 0 Å². The van der Waals surface area contributed by atoms with Crippen molar-refractivity contribution in [2.45, 2.75) is 277 Å². The number of rotatable bonds is 51. The van der Waals surface area contributed by atoms with Crippen LogP contribution in [-0.2, 0) is 28.6 Å². The molecule has 0 aromatic rings. The number of carbonyl (C=O) groups is 3. The van der Waals surface area contributed by atoms with Crippen molar-refractivity contribution >= 4 is 17.9 Å². The van der Waals surface area contributed by atoms with E-state index in [1.54, 1.807) is 0 Å². The van der Waals surface area contributed by atoms with Gasteiger partial charge in [0.25, 0.3) is 0 Å². The minimum Gasteiger partial charge on any atom is -0.462 e. The molecule has 0 aliphatic rings. The number of esters is 3. The van der Waals surface area contributed by atoms with Crippen molar-refractivity contribution in [2.75, 3.05) is 13.2 Å². The van der Waals surface area contributed by atoms with Crippen LogP contribution in [0.5, 0.6) is 0 Å². The maximum atomic E-state index is 12.8. The van der Waals surface area contributed by atoms with E-state index >= 15 is 0 Å². The first-order valence-electron chi connectivity index (χ1n) is 28.6. The third-order valence-corrected chi connectivity index (χ3v) is 12.1. The van der Waals surface area contributed by atoms with Gasteiger partial charge in [-0.2, -0.15) is 0 Å². The smallest absolute Gasteiger partial charge is 0.306 e. The van der Waals surface area contributed by atoms with Gasteiger partial charge in [0.15, 0.2) is 6.10 Å². The van der Waals surface area contributed by atoms with Crippen molar-refractivity contribution in [2.24, 2.45) is 0 Å². The number of allylic oxidation sites excluding steroid dienone is 14. The Morgan fingerprint density at radius 2 is 0.574 bits per heavy atom. The Kier molecular flexibility index (Phi) is 53.4. The highest BCUT2D eigenvalue weighted by molar-refractivity contribution is 5.71. The molecule has 390 valence electrons. The normalized spacial score (nSPS) is 12.7. The van der Waals surface area contributed by atoms with E-state index in [0.29, 0.717) is 19.3 Å². The lowest BCUT2D eigenvalue weighted by Gasteiger charge is -2.18. The zero-order valence-electron chi connectivity index (χ0n) is 44.6. The van der Waals surface area contributed by atoms with Crippen molar-refractivity contribution < 1.29 is 28.6 Å². The van der Waals surface area contributed by atoms with Crippen LogP contribution in [0.2, 0.25) is 0 Å². The van der Waals surface area contributed by atoms with Crippen LogP contribution in [-0.4, -0.2) is 37.2 Å². The van der Waals surface area contributed by atoms with Gasteiger partial charge in [0, 0.05) is 19.3 Å². The van der Waals surface area contributed by atoms with E-state index in [0.717, 1.165) is 122 Å². The Labute approximate surface area is 420 Å². The molecule has 0 aromatic heterocycles. The SMILES string of the molecule is CC/C=C\C/C=C\C/C=C\C/C=C\C/C=C\CCCCCCCC(=O)OCC(COC(=O)CCCCCCCCCCCCCC)OC(=O)CCCCCCCCC/C=C\C/C=C\CCCCC. The molecule has 0 aliphatic heterocycles. The molecule has 0 aliphatic carbocycles. The highest BCUT2D eigenvalue weighted by Crippen LogP contribution is 2.15. The molecule has 0 radical (unpaired) electrons. The minimum absolute atomic E-state index is 0.0844. The summed E-state index contributed by atoms with van der Waals surface area (Å²) in [6.07, 6.45) is 72.8. The molecule has 0 saturated heterocycles. The van der Waals surface area contributed by atoms with E-state index in [1.165, 1.54) is 109 Å². The molecular formula is C62H106O6. The Morgan fingerprint density at radius 3 is 0.926 bits per heavy atom. The quantitative estimate of drug-likeness (QED) is 0.0262. The minimum atomic E-state index is -0.788. The molecule has 1 atom stereocenters. The Bertz CT molecular complexity index is 1320. The molecule has 0 saturated carbocycles. The second kappa shape index (κ2) is 56.2. The summed E-state index contributed by atoms with van der Waals surface area (Å²) >= 11 is 0. The number of hydrogen-bond acceptors (Lipinski definition) is 6. The van der Waals surface area contributed by atoms with Crippen LogP contribution in [0.4, 0.5) is 0 Å². The Morgan fingerprint density at radius 1 is 0.309 bits per heavy atom. The first-order valence-corrected chi connectivity index (χ1v) is 28.6. The topological polar surface area (TPSA) is 78.9 Å². The largest absolute Gasteiger partial charge is 0.462 e. The molecule has 68 heavy (non-hydrogen) atoms. The van der Waals surface area contributed by atoms with Gasteiger partial charge in [-0.3, -0.25) is 14.4 Å². The van der Waals surface area contributed by atoms with Crippen LogP contribution in [0.3, 0.4) is 0 Å². The Balaban J connectivity index is 4.40. The van der Waals surface area contributed by atoms with E-state index in [4.69, 9.17) is 14.2 Å². The molecule has 0 spiro atoms. The predicted molar refractivity (Wildman–Crippen MR) is 293 cm³/mol. The third-order valence-electron chi connectivity index (χ3n) is 12.1. The first-order chi connectivity index (χ1) is 33.5. The summed E-state index contributed by atoms with van der Waals surface area (Å²) in [5, 5.41) is 0. The number of ether oxygens (including phenoxy) is 3. The van der Waals surface area contributed by atoms with Gasteiger partial charge in [-0.15, -0.1) is 0 Å². The van der Waals surface area contributed by atoms with Crippen molar-refractivity contribution in [3.8, 4) is 0 Å². The monoisotopic (exact) mass is 947 g/mol. The van der Waals surface area contributed by atoms with Gasteiger partial charge in [0.2, 0.25) is 0 Å². The highest BCUT2D eigenvalue weighted by Gasteiger charge is 2.19. The van der Waals surface area contributed by atoms with Gasteiger partial charge in [0.1, 0.15) is 13.2 Å². The molecule has 0 N–H and O–H groups in total. The number of unbranched alkanes of at least 4 members (excludes halogenated alkanes) is 26. The number of carbonyl (C=O) groups excluding carboxylic acids is 3. The molecule has 6 heteroatoms. The lowest BCUT2D eigenvalue weighted by atomic mass is 10.0. The van der Waals surface area contributed by atoms with Crippen LogP contribution < -0.4 is 0 Å². The van der Waals surface area contributed by atoms with Crippen molar-refractivity contribution in [3.63, 3.8) is 0 Å². The molecule has 0 aromatic carbocycles. The standard InChI is InChI=1S/C62H106O6/c1-4-7-10-13-16-19-22-25-27-29-30-31-32-34-35-37-40-43-46-49-52-55-61(64)67-58-59(57-66-60(63)54-51-48-45-42-39-24-21-18-15-12-9-6-3)68-62(65)56-53-50-47-44-41-38-36-33-28-26-23-20-17-14-11-8-5-2/h7,10,16-17,19-20,25-28,30-31,34-35,59H,4-6,8-9,11-15,18,21-24,29,32-33,36-58H2,1-3H3/b10-7-,19-16-,20-17-,27-25-,28-26-,31-30-,35-34-. The van der Waals surface area contributed by atoms with E-state index in [1.807, 2.05) is 0 Å².